The summed E-state index contributed by atoms with van der Waals surface area (Å²) in [5.41, 5.74) is 6.51. The summed E-state index contributed by atoms with van der Waals surface area (Å²) in [6.45, 7) is 4.91. The summed E-state index contributed by atoms with van der Waals surface area (Å²) in [5.74, 6) is -0.853. The molecule has 0 aliphatic heterocycles. The molecule has 1 aromatic carbocycles. The number of nitrogen functional groups attached to an aromatic ring is 1. The van der Waals surface area contributed by atoms with Crippen molar-refractivity contribution in [1.29, 1.82) is 5.26 Å². The van der Waals surface area contributed by atoms with Crippen LogP contribution in [0.4, 0.5) is 11.4 Å². The van der Waals surface area contributed by atoms with Gasteiger partial charge in [-0.25, -0.2) is 0 Å². The summed E-state index contributed by atoms with van der Waals surface area (Å²) in [6.07, 6.45) is 1.22. The molecule has 6 heteroatoms. The van der Waals surface area contributed by atoms with Crippen LogP contribution >= 0.6 is 0 Å². The molecule has 0 spiro atoms. The fraction of sp³-hybridized carbons (Fsp3) is 0.267. The molecule has 6 nitrogen and oxygen atoms in total. The highest BCUT2D eigenvalue weighted by atomic mass is 16.2. The number of nitrogens with two attached hydrogens (primary N) is 1. The summed E-state index contributed by atoms with van der Waals surface area (Å²) < 4.78 is 0. The van der Waals surface area contributed by atoms with Crippen molar-refractivity contribution in [3.05, 3.63) is 36.0 Å². The maximum Gasteiger partial charge on any atom is 0.263 e. The van der Waals surface area contributed by atoms with Gasteiger partial charge in [0.15, 0.2) is 0 Å². The van der Waals surface area contributed by atoms with Crippen molar-refractivity contribution in [2.24, 2.45) is 0 Å². The van der Waals surface area contributed by atoms with Crippen LogP contribution in [0.5, 0.6) is 0 Å². The third kappa shape index (κ3) is 4.66. The van der Waals surface area contributed by atoms with E-state index in [2.05, 4.69) is 5.32 Å². The molecule has 2 amide bonds. The van der Waals surface area contributed by atoms with Crippen molar-refractivity contribution < 1.29 is 9.59 Å². The first-order chi connectivity index (χ1) is 9.85. The summed E-state index contributed by atoms with van der Waals surface area (Å²) in [4.78, 5) is 24.8. The lowest BCUT2D eigenvalue weighted by Crippen LogP contribution is -2.32. The van der Waals surface area contributed by atoms with Crippen LogP contribution in [0.1, 0.15) is 20.8 Å². The van der Waals surface area contributed by atoms with E-state index in [1.807, 2.05) is 0 Å². The van der Waals surface area contributed by atoms with Crippen LogP contribution in [0, 0.1) is 11.3 Å². The molecule has 0 aliphatic carbocycles. The van der Waals surface area contributed by atoms with Crippen molar-refractivity contribution in [1.82, 2.24) is 5.32 Å². The molecule has 0 atom stereocenters. The maximum absolute atomic E-state index is 11.9. The minimum absolute atomic E-state index is 0.104. The Hall–Kier alpha value is -2.81. The first-order valence-corrected chi connectivity index (χ1v) is 6.43. The fourth-order valence-electron chi connectivity index (χ4n) is 1.63. The Kier molecular flexibility index (Phi) is 5.49. The molecule has 110 valence electrons. The van der Waals surface area contributed by atoms with E-state index in [-0.39, 0.29) is 17.5 Å². The zero-order valence-electron chi connectivity index (χ0n) is 12.3. The molecule has 0 aliphatic rings. The number of nitriles is 1. The van der Waals surface area contributed by atoms with Gasteiger partial charge in [0.25, 0.3) is 5.91 Å². The molecule has 0 heterocycles. The van der Waals surface area contributed by atoms with E-state index in [0.29, 0.717) is 11.4 Å². The number of amides is 2. The molecule has 0 fully saturated rings. The number of anilines is 2. The lowest BCUT2D eigenvalue weighted by Gasteiger charge is -2.18. The first-order valence-electron chi connectivity index (χ1n) is 6.43. The molecule has 0 bridgehead atoms. The second-order valence-electron chi connectivity index (χ2n) is 4.77. The number of rotatable bonds is 4. The van der Waals surface area contributed by atoms with Gasteiger partial charge in [-0.2, -0.15) is 5.26 Å². The van der Waals surface area contributed by atoms with Crippen LogP contribution in [0.2, 0.25) is 0 Å². The van der Waals surface area contributed by atoms with Crippen LogP contribution in [0.3, 0.4) is 0 Å². The fourth-order valence-corrected chi connectivity index (χ4v) is 1.63. The van der Waals surface area contributed by atoms with E-state index in [0.717, 1.165) is 0 Å². The summed E-state index contributed by atoms with van der Waals surface area (Å²) >= 11 is 0. The number of hydrogen-bond donors (Lipinski definition) is 2. The van der Waals surface area contributed by atoms with E-state index < -0.39 is 5.91 Å². The number of benzene rings is 1. The summed E-state index contributed by atoms with van der Waals surface area (Å²) in [6, 6.07) is 8.33. The van der Waals surface area contributed by atoms with Gasteiger partial charge >= 0.3 is 0 Å². The van der Waals surface area contributed by atoms with Gasteiger partial charge in [-0.05, 0) is 32.0 Å². The maximum atomic E-state index is 11.9. The monoisotopic (exact) mass is 286 g/mol. The Bertz CT molecular complexity index is 614. The largest absolute Gasteiger partial charge is 0.399 e. The second kappa shape index (κ2) is 7.10. The Labute approximate surface area is 123 Å². The number of hydrogen-bond acceptors (Lipinski definition) is 4. The molecule has 0 unspecified atom stereocenters. The van der Waals surface area contributed by atoms with Crippen LogP contribution in [-0.2, 0) is 9.59 Å². The lowest BCUT2D eigenvalue weighted by molar-refractivity contribution is -0.117. The molecule has 21 heavy (non-hydrogen) atoms. The Morgan fingerprint density at radius 1 is 1.43 bits per heavy atom. The van der Waals surface area contributed by atoms with Crippen molar-refractivity contribution in [3.63, 3.8) is 0 Å². The van der Waals surface area contributed by atoms with Crippen molar-refractivity contribution in [2.45, 2.75) is 26.8 Å². The predicted molar refractivity (Wildman–Crippen MR) is 81.0 cm³/mol. The quantitative estimate of drug-likeness (QED) is 0.498. The van der Waals surface area contributed by atoms with Gasteiger partial charge in [-0.1, -0.05) is 6.07 Å². The van der Waals surface area contributed by atoms with Crippen LogP contribution < -0.4 is 16.0 Å². The van der Waals surface area contributed by atoms with E-state index in [1.165, 1.54) is 18.0 Å². The van der Waals surface area contributed by atoms with Gasteiger partial charge in [0.1, 0.15) is 11.6 Å². The summed E-state index contributed by atoms with van der Waals surface area (Å²) in [5, 5.41) is 11.7. The van der Waals surface area contributed by atoms with Crippen molar-refractivity contribution >= 4 is 23.2 Å². The SMILES string of the molecule is CC(=O)N(/C=C(/C#N)C(=O)NC(C)C)c1cccc(N)c1. The Morgan fingerprint density at radius 2 is 2.10 bits per heavy atom. The van der Waals surface area contributed by atoms with Gasteiger partial charge in [0.2, 0.25) is 5.91 Å². The number of carbonyl (C=O) groups excluding carboxylic acids is 2. The minimum Gasteiger partial charge on any atom is -0.399 e. The topological polar surface area (TPSA) is 99.2 Å². The van der Waals surface area contributed by atoms with E-state index >= 15 is 0 Å². The van der Waals surface area contributed by atoms with Crippen molar-refractivity contribution in [3.8, 4) is 6.07 Å². The first kappa shape index (κ1) is 16.2. The third-order valence-corrected chi connectivity index (χ3v) is 2.53. The summed E-state index contributed by atoms with van der Waals surface area (Å²) in [7, 11) is 0. The van der Waals surface area contributed by atoms with Crippen molar-refractivity contribution in [2.75, 3.05) is 10.6 Å². The zero-order chi connectivity index (χ0) is 16.0. The third-order valence-electron chi connectivity index (χ3n) is 2.53. The van der Waals surface area contributed by atoms with E-state index in [4.69, 9.17) is 11.0 Å². The van der Waals surface area contributed by atoms with Gasteiger partial charge in [0.05, 0.1) is 5.69 Å². The zero-order valence-corrected chi connectivity index (χ0v) is 12.3. The smallest absolute Gasteiger partial charge is 0.263 e. The van der Waals surface area contributed by atoms with Gasteiger partial charge in [-0.15, -0.1) is 0 Å². The standard InChI is InChI=1S/C15H18N4O2/c1-10(2)18-15(21)12(8-16)9-19(11(3)20)14-6-4-5-13(17)7-14/h4-7,9-10H,17H2,1-3H3,(H,18,21)/b12-9-. The average Bonchev–Trinajstić information content (AvgIpc) is 2.38. The molecule has 3 N–H and O–H groups in total. The number of carbonyl (C=O) groups is 2. The highest BCUT2D eigenvalue weighted by Gasteiger charge is 2.15. The second-order valence-corrected chi connectivity index (χ2v) is 4.77. The molecule has 1 rings (SSSR count). The van der Waals surface area contributed by atoms with Crippen LogP contribution in [0.15, 0.2) is 36.0 Å². The average molecular weight is 286 g/mol. The minimum atomic E-state index is -0.525. The molecule has 0 aromatic heterocycles. The Morgan fingerprint density at radius 3 is 2.57 bits per heavy atom. The molecule has 1 aromatic rings. The normalized spacial score (nSPS) is 10.9. The number of nitrogens with one attached hydrogen (secondary N) is 1. The van der Waals surface area contributed by atoms with E-state index in [1.54, 1.807) is 44.2 Å². The van der Waals surface area contributed by atoms with Crippen LogP contribution in [0.25, 0.3) is 0 Å². The van der Waals surface area contributed by atoms with Crippen LogP contribution in [-0.4, -0.2) is 17.9 Å². The highest BCUT2D eigenvalue weighted by Crippen LogP contribution is 2.19. The van der Waals surface area contributed by atoms with Gasteiger partial charge in [0, 0.05) is 24.9 Å². The molecular weight excluding hydrogens is 268 g/mol. The predicted octanol–water partition coefficient (Wildman–Crippen LogP) is 1.55. The molecular formula is C15H18N4O2. The lowest BCUT2D eigenvalue weighted by atomic mass is 10.2. The number of nitrogens with zero attached hydrogens (tertiary/aromatic N) is 2. The molecule has 0 saturated heterocycles. The molecule has 0 saturated carbocycles. The highest BCUT2D eigenvalue weighted by molar-refractivity contribution is 6.01. The molecule has 0 radical (unpaired) electrons. The van der Waals surface area contributed by atoms with Gasteiger partial charge < -0.3 is 11.1 Å². The van der Waals surface area contributed by atoms with E-state index in [9.17, 15) is 9.59 Å². The van der Waals surface area contributed by atoms with Gasteiger partial charge in [-0.3, -0.25) is 14.5 Å². The Balaban J connectivity index is 3.17.